The number of hydrogen-bond donors (Lipinski definition) is 4. The van der Waals surface area contributed by atoms with Gasteiger partial charge in [-0.3, -0.25) is 9.98 Å². The predicted octanol–water partition coefficient (Wildman–Crippen LogP) is 10.8. The van der Waals surface area contributed by atoms with Gasteiger partial charge >= 0.3 is 0 Å². The molecule has 49 heavy (non-hydrogen) atoms. The summed E-state index contributed by atoms with van der Waals surface area (Å²) in [6.07, 6.45) is 7.14. The Labute approximate surface area is 297 Å². The topological polar surface area (TPSA) is 90.8 Å². The van der Waals surface area contributed by atoms with Gasteiger partial charge in [-0.15, -0.1) is 0 Å². The molecule has 0 amide bonds. The molecule has 3 aromatic rings. The molecule has 3 rings (SSSR count). The number of ether oxygens (including phenoxy) is 1. The van der Waals surface area contributed by atoms with Crippen molar-refractivity contribution in [2.75, 3.05) is 26.0 Å². The largest absolute Gasteiger partial charge is 0.516 e. The van der Waals surface area contributed by atoms with Gasteiger partial charge in [0.1, 0.15) is 11.5 Å². The van der Waals surface area contributed by atoms with Gasteiger partial charge in [0, 0.05) is 29.5 Å². The van der Waals surface area contributed by atoms with Crippen molar-refractivity contribution in [1.29, 1.82) is 0 Å². The number of anilines is 1. The molecule has 0 bridgehead atoms. The van der Waals surface area contributed by atoms with Crippen LogP contribution in [0.2, 0.25) is 0 Å². The predicted molar refractivity (Wildman–Crippen MR) is 216 cm³/mol. The first-order valence-electron chi connectivity index (χ1n) is 17.1. The molecule has 0 unspecified atom stereocenters. The third-order valence-electron chi connectivity index (χ3n) is 7.44. The second-order valence-electron chi connectivity index (χ2n) is 12.0. The molecule has 0 aliphatic rings. The molecule has 0 saturated heterocycles. The van der Waals surface area contributed by atoms with Crippen LogP contribution in [0.4, 0.5) is 5.69 Å². The maximum absolute atomic E-state index is 7.33. The molecule has 7 nitrogen and oxygen atoms in total. The summed E-state index contributed by atoms with van der Waals surface area (Å²) >= 11 is 0. The van der Waals surface area contributed by atoms with Crippen LogP contribution in [0.3, 0.4) is 0 Å². The summed E-state index contributed by atoms with van der Waals surface area (Å²) in [6, 6.07) is 16.8. The van der Waals surface area contributed by atoms with E-state index in [0.717, 1.165) is 53.1 Å². The summed E-state index contributed by atoms with van der Waals surface area (Å²) < 4.78 is 5.44. The highest BCUT2D eigenvalue weighted by Crippen LogP contribution is 2.30. The second kappa shape index (κ2) is 23.7. The number of rotatable bonds is 13. The Balaban J connectivity index is 0.00000306. The van der Waals surface area contributed by atoms with Crippen LogP contribution in [0, 0.1) is 11.3 Å². The van der Waals surface area contributed by atoms with E-state index in [1.54, 1.807) is 19.5 Å². The number of aliphatic hydroxyl groups excluding tert-OH is 1. The maximum Gasteiger partial charge on any atom is 0.162 e. The van der Waals surface area contributed by atoms with Crippen LogP contribution in [0.25, 0.3) is 16.5 Å². The number of likely N-dealkylation sites (N-methyl/N-ethyl adjacent to an activating group) is 1. The van der Waals surface area contributed by atoms with Gasteiger partial charge in [-0.1, -0.05) is 111 Å². The van der Waals surface area contributed by atoms with E-state index in [2.05, 4.69) is 130 Å². The van der Waals surface area contributed by atoms with Crippen molar-refractivity contribution >= 4 is 28.9 Å². The fourth-order valence-corrected chi connectivity index (χ4v) is 4.67. The lowest BCUT2D eigenvalue weighted by Gasteiger charge is -2.24. The molecule has 1 aromatic heterocycles. The van der Waals surface area contributed by atoms with Gasteiger partial charge in [-0.25, -0.2) is 0 Å². The van der Waals surface area contributed by atoms with Crippen molar-refractivity contribution in [3.05, 3.63) is 126 Å². The lowest BCUT2D eigenvalue weighted by atomic mass is 9.86. The zero-order valence-corrected chi connectivity index (χ0v) is 32.3. The quantitative estimate of drug-likeness (QED) is 0.0822. The summed E-state index contributed by atoms with van der Waals surface area (Å²) in [5, 5.41) is 20.1. The van der Waals surface area contributed by atoms with Crippen LogP contribution in [-0.2, 0) is 11.2 Å². The molecule has 0 radical (unpaired) electrons. The Kier molecular flexibility index (Phi) is 21.4. The number of aromatic nitrogens is 1. The van der Waals surface area contributed by atoms with Gasteiger partial charge in [0.15, 0.2) is 5.76 Å². The number of hydrogen-bond acceptors (Lipinski definition) is 7. The average molecular weight is 670 g/mol. The van der Waals surface area contributed by atoms with Crippen molar-refractivity contribution in [3.63, 3.8) is 0 Å². The SMILES string of the molecule is C=CO.C=N/C=C(\OC)c1cc(Cc2ccc(NC(=C)NC(/C=C(\C)C(C)(C)C)=C(/CNC)C(C)C)c3ccccc23)ccn1.CC.CC. The monoisotopic (exact) mass is 669 g/mol. The normalized spacial score (nSPS) is 11.8. The van der Waals surface area contributed by atoms with Gasteiger partial charge in [0.2, 0.25) is 0 Å². The third kappa shape index (κ3) is 14.6. The van der Waals surface area contributed by atoms with Crippen LogP contribution in [0.5, 0.6) is 0 Å². The van der Waals surface area contributed by atoms with Crippen molar-refractivity contribution < 1.29 is 9.84 Å². The van der Waals surface area contributed by atoms with Crippen LogP contribution in [0.15, 0.2) is 114 Å². The summed E-state index contributed by atoms with van der Waals surface area (Å²) in [7, 11) is 3.60. The zero-order valence-electron chi connectivity index (χ0n) is 32.3. The van der Waals surface area contributed by atoms with E-state index in [1.807, 2.05) is 46.9 Å². The van der Waals surface area contributed by atoms with E-state index in [4.69, 9.17) is 9.84 Å². The molecular formula is C42H63N5O2. The standard InChI is InChI=1S/C36H47N5O.C2H4O.2C2H6/c1-24(2)31(22-37-8)33(19-25(3)36(5,6)7)41-26(4)40-32-16-15-28(29-13-11-12-14-30(29)32)20-27-17-18-39-34(21-27)35(42-10)23-38-9;1-2-3;2*1-2/h11-19,21,23-24,37,40-41H,4,9,20,22H2,1-3,5-8,10H3;2-3H,1H2;2*1-2H3/b25-19+,33-31-,35-23-;;;. The van der Waals surface area contributed by atoms with Crippen LogP contribution >= 0.6 is 0 Å². The first-order chi connectivity index (χ1) is 23.4. The molecule has 2 aromatic carbocycles. The van der Waals surface area contributed by atoms with E-state index in [-0.39, 0.29) is 5.41 Å². The van der Waals surface area contributed by atoms with Crippen molar-refractivity contribution in [3.8, 4) is 0 Å². The smallest absolute Gasteiger partial charge is 0.162 e. The average Bonchev–Trinajstić information content (AvgIpc) is 3.08. The number of methoxy groups -OCH3 is 1. The highest BCUT2D eigenvalue weighted by atomic mass is 16.5. The molecule has 0 aliphatic heterocycles. The van der Waals surface area contributed by atoms with Gasteiger partial charge < -0.3 is 25.8 Å². The number of nitrogens with zero attached hydrogens (tertiary/aromatic N) is 2. The molecule has 0 aliphatic carbocycles. The fourth-order valence-electron chi connectivity index (χ4n) is 4.67. The molecule has 1 heterocycles. The Morgan fingerprint density at radius 1 is 1.04 bits per heavy atom. The summed E-state index contributed by atoms with van der Waals surface area (Å²) in [5.41, 5.74) is 7.82. The molecule has 0 spiro atoms. The van der Waals surface area contributed by atoms with Crippen molar-refractivity contribution in [2.24, 2.45) is 16.3 Å². The van der Waals surface area contributed by atoms with E-state index in [1.165, 1.54) is 22.1 Å². The highest BCUT2D eigenvalue weighted by Gasteiger charge is 2.17. The highest BCUT2D eigenvalue weighted by molar-refractivity contribution is 5.96. The lowest BCUT2D eigenvalue weighted by Crippen LogP contribution is -2.25. The first-order valence-corrected chi connectivity index (χ1v) is 17.1. The minimum Gasteiger partial charge on any atom is -0.516 e. The minimum atomic E-state index is 0.0645. The molecule has 0 atom stereocenters. The molecule has 0 saturated carbocycles. The number of aliphatic hydroxyl groups is 1. The van der Waals surface area contributed by atoms with E-state index in [0.29, 0.717) is 11.7 Å². The Bertz CT molecular complexity index is 1560. The number of nitrogens with one attached hydrogen (secondary N) is 3. The first kappa shape index (κ1) is 44.4. The van der Waals surface area contributed by atoms with Gasteiger partial charge in [-0.05, 0) is 84.8 Å². The minimum absolute atomic E-state index is 0.0645. The Hall–Kier alpha value is -4.62. The Morgan fingerprint density at radius 2 is 1.65 bits per heavy atom. The van der Waals surface area contributed by atoms with E-state index >= 15 is 0 Å². The third-order valence-corrected chi connectivity index (χ3v) is 7.44. The number of benzene rings is 2. The van der Waals surface area contributed by atoms with Gasteiger partial charge in [-0.2, -0.15) is 0 Å². The van der Waals surface area contributed by atoms with Gasteiger partial charge in [0.25, 0.3) is 0 Å². The zero-order chi connectivity index (χ0) is 37.6. The summed E-state index contributed by atoms with van der Waals surface area (Å²) in [5.74, 6) is 1.68. The van der Waals surface area contributed by atoms with Gasteiger partial charge in [0.05, 0.1) is 19.6 Å². The summed E-state index contributed by atoms with van der Waals surface area (Å²) in [6.45, 7) is 33.0. The van der Waals surface area contributed by atoms with Crippen LogP contribution in [0.1, 0.15) is 86.1 Å². The van der Waals surface area contributed by atoms with Crippen molar-refractivity contribution in [1.82, 2.24) is 15.6 Å². The number of allylic oxidation sites excluding steroid dienone is 2. The fraction of sp³-hybridized carbons (Fsp3) is 0.381. The molecule has 0 fully saturated rings. The molecule has 7 heteroatoms. The maximum atomic E-state index is 7.33. The van der Waals surface area contributed by atoms with Crippen LogP contribution in [-0.4, -0.2) is 37.5 Å². The second-order valence-corrected chi connectivity index (χ2v) is 12.0. The number of pyridine rings is 1. The number of fused-ring (bicyclic) bond motifs is 1. The number of aliphatic imine (C=N–C) groups is 1. The van der Waals surface area contributed by atoms with E-state index in [9.17, 15) is 0 Å². The molecular weight excluding hydrogens is 606 g/mol. The molecule has 4 N–H and O–H groups in total. The van der Waals surface area contributed by atoms with E-state index < -0.39 is 0 Å². The summed E-state index contributed by atoms with van der Waals surface area (Å²) in [4.78, 5) is 8.29. The Morgan fingerprint density at radius 3 is 2.18 bits per heavy atom. The molecule has 268 valence electrons. The van der Waals surface area contributed by atoms with Crippen LogP contribution < -0.4 is 16.0 Å². The van der Waals surface area contributed by atoms with Crippen molar-refractivity contribution in [2.45, 2.75) is 75.7 Å². The lowest BCUT2D eigenvalue weighted by molar-refractivity contribution is 0.367.